The average Bonchev–Trinajstić information content (AvgIpc) is 2.87. The van der Waals surface area contributed by atoms with Gasteiger partial charge in [0.25, 0.3) is 0 Å². The van der Waals surface area contributed by atoms with Gasteiger partial charge in [-0.1, -0.05) is 43.3 Å². The third kappa shape index (κ3) is 2.30. The summed E-state index contributed by atoms with van der Waals surface area (Å²) in [6, 6.07) is 11.1. The molecule has 1 aliphatic rings. The summed E-state index contributed by atoms with van der Waals surface area (Å²) in [6.45, 7) is 7.31. The summed E-state index contributed by atoms with van der Waals surface area (Å²) in [5, 5.41) is 7.68. The zero-order chi connectivity index (χ0) is 13.5. The van der Waals surface area contributed by atoms with Gasteiger partial charge in [0.15, 0.2) is 0 Å². The molecule has 3 nitrogen and oxygen atoms in total. The van der Waals surface area contributed by atoms with Crippen LogP contribution in [-0.2, 0) is 13.0 Å². The van der Waals surface area contributed by atoms with E-state index < -0.39 is 0 Å². The molecule has 1 aromatic carbocycles. The number of nitrogens with zero attached hydrogens (tertiary/aromatic N) is 1. The molecule has 2 aromatic rings. The van der Waals surface area contributed by atoms with E-state index in [0.29, 0.717) is 6.04 Å². The second-order valence-electron chi connectivity index (χ2n) is 6.11. The summed E-state index contributed by atoms with van der Waals surface area (Å²) in [5.41, 5.74) is 4.09. The van der Waals surface area contributed by atoms with Crippen LogP contribution in [0.4, 0.5) is 0 Å². The molecule has 100 valence electrons. The van der Waals surface area contributed by atoms with Crippen LogP contribution in [0, 0.1) is 12.3 Å². The van der Waals surface area contributed by atoms with Gasteiger partial charge in [-0.2, -0.15) is 0 Å². The molecule has 0 saturated carbocycles. The molecule has 1 aliphatic carbocycles. The minimum absolute atomic E-state index is 0.239. The van der Waals surface area contributed by atoms with Crippen LogP contribution in [0.2, 0.25) is 0 Å². The van der Waals surface area contributed by atoms with Crippen molar-refractivity contribution in [2.75, 3.05) is 0 Å². The number of hydrogen-bond acceptors (Lipinski definition) is 3. The summed E-state index contributed by atoms with van der Waals surface area (Å²) in [5.74, 6) is 0.864. The van der Waals surface area contributed by atoms with Crippen LogP contribution < -0.4 is 5.32 Å². The van der Waals surface area contributed by atoms with Gasteiger partial charge in [0.1, 0.15) is 5.76 Å². The molecule has 3 rings (SSSR count). The van der Waals surface area contributed by atoms with Crippen molar-refractivity contribution in [3.63, 3.8) is 0 Å². The van der Waals surface area contributed by atoms with Crippen molar-refractivity contribution in [2.45, 2.75) is 39.8 Å². The van der Waals surface area contributed by atoms with Crippen molar-refractivity contribution in [1.82, 2.24) is 10.5 Å². The van der Waals surface area contributed by atoms with E-state index in [0.717, 1.165) is 24.4 Å². The highest BCUT2D eigenvalue weighted by Crippen LogP contribution is 2.45. The maximum Gasteiger partial charge on any atom is 0.133 e. The fraction of sp³-hybridized carbons (Fsp3) is 0.438. The highest BCUT2D eigenvalue weighted by molar-refractivity contribution is 5.37. The van der Waals surface area contributed by atoms with Gasteiger partial charge in [0.05, 0.1) is 5.69 Å². The van der Waals surface area contributed by atoms with E-state index in [9.17, 15) is 0 Å². The number of aryl methyl sites for hydroxylation is 1. The molecule has 3 heteroatoms. The maximum atomic E-state index is 5.11. The molecule has 0 aliphatic heterocycles. The highest BCUT2D eigenvalue weighted by atomic mass is 16.5. The highest BCUT2D eigenvalue weighted by Gasteiger charge is 2.38. The first-order chi connectivity index (χ1) is 9.06. The molecule has 1 aromatic heterocycles. The predicted octanol–water partition coefficient (Wildman–Crippen LogP) is 3.40. The molecule has 0 spiro atoms. The monoisotopic (exact) mass is 256 g/mol. The molecule has 1 N–H and O–H groups in total. The largest absolute Gasteiger partial charge is 0.361 e. The first-order valence-corrected chi connectivity index (χ1v) is 6.80. The van der Waals surface area contributed by atoms with Crippen molar-refractivity contribution >= 4 is 0 Å². The second kappa shape index (κ2) is 4.49. The van der Waals surface area contributed by atoms with Gasteiger partial charge in [-0.15, -0.1) is 0 Å². The minimum atomic E-state index is 0.239. The molecule has 0 saturated heterocycles. The van der Waals surface area contributed by atoms with E-state index in [2.05, 4.69) is 48.6 Å². The smallest absolute Gasteiger partial charge is 0.133 e. The standard InChI is InChI=1S/C16H20N2O/c1-11-8-13(18-19-11)10-17-15-14-7-5-4-6-12(14)9-16(15,2)3/h4-8,15,17H,9-10H2,1-3H3. The van der Waals surface area contributed by atoms with E-state index in [-0.39, 0.29) is 5.41 Å². The molecule has 0 bridgehead atoms. The Labute approximate surface area is 114 Å². The van der Waals surface area contributed by atoms with Crippen molar-refractivity contribution < 1.29 is 4.52 Å². The Morgan fingerprint density at radius 1 is 1.37 bits per heavy atom. The summed E-state index contributed by atoms with van der Waals surface area (Å²) < 4.78 is 5.11. The normalized spacial score (nSPS) is 20.5. The molecule has 1 unspecified atom stereocenters. The van der Waals surface area contributed by atoms with Gasteiger partial charge >= 0.3 is 0 Å². The summed E-state index contributed by atoms with van der Waals surface area (Å²) in [7, 11) is 0. The van der Waals surface area contributed by atoms with Crippen LogP contribution in [0.5, 0.6) is 0 Å². The zero-order valence-electron chi connectivity index (χ0n) is 11.7. The van der Waals surface area contributed by atoms with E-state index >= 15 is 0 Å². The zero-order valence-corrected chi connectivity index (χ0v) is 11.7. The summed E-state index contributed by atoms with van der Waals surface area (Å²) in [4.78, 5) is 0. The number of benzene rings is 1. The van der Waals surface area contributed by atoms with Gasteiger partial charge in [-0.3, -0.25) is 0 Å². The first kappa shape index (κ1) is 12.4. The maximum absolute atomic E-state index is 5.11. The fourth-order valence-electron chi connectivity index (χ4n) is 3.08. The number of aromatic nitrogens is 1. The van der Waals surface area contributed by atoms with Crippen LogP contribution in [0.25, 0.3) is 0 Å². The van der Waals surface area contributed by atoms with Crippen molar-refractivity contribution in [1.29, 1.82) is 0 Å². The van der Waals surface area contributed by atoms with Crippen LogP contribution in [0.3, 0.4) is 0 Å². The lowest BCUT2D eigenvalue weighted by Gasteiger charge is -2.28. The Morgan fingerprint density at radius 2 is 2.16 bits per heavy atom. The molecule has 1 heterocycles. The molecule has 0 radical (unpaired) electrons. The van der Waals surface area contributed by atoms with Gasteiger partial charge in [-0.05, 0) is 29.9 Å². The lowest BCUT2D eigenvalue weighted by atomic mass is 9.85. The Balaban J connectivity index is 1.79. The van der Waals surface area contributed by atoms with E-state index in [1.54, 1.807) is 0 Å². The van der Waals surface area contributed by atoms with Crippen molar-refractivity contribution in [3.05, 3.63) is 52.9 Å². The molecule has 19 heavy (non-hydrogen) atoms. The Kier molecular flexibility index (Phi) is 2.94. The van der Waals surface area contributed by atoms with Crippen molar-refractivity contribution in [3.8, 4) is 0 Å². The number of rotatable bonds is 3. The first-order valence-electron chi connectivity index (χ1n) is 6.80. The molecule has 0 fully saturated rings. The minimum Gasteiger partial charge on any atom is -0.361 e. The van der Waals surface area contributed by atoms with Gasteiger partial charge in [0.2, 0.25) is 0 Å². The number of fused-ring (bicyclic) bond motifs is 1. The average molecular weight is 256 g/mol. The third-order valence-electron chi connectivity index (χ3n) is 3.96. The van der Waals surface area contributed by atoms with Crippen LogP contribution in [-0.4, -0.2) is 5.16 Å². The Hall–Kier alpha value is -1.61. The van der Waals surface area contributed by atoms with Crippen molar-refractivity contribution in [2.24, 2.45) is 5.41 Å². The van der Waals surface area contributed by atoms with E-state index in [4.69, 9.17) is 4.52 Å². The van der Waals surface area contributed by atoms with Crippen LogP contribution in [0.15, 0.2) is 34.9 Å². The lowest BCUT2D eigenvalue weighted by Crippen LogP contribution is -2.30. The fourth-order valence-corrected chi connectivity index (χ4v) is 3.08. The molecule has 0 amide bonds. The van der Waals surface area contributed by atoms with Gasteiger partial charge in [0, 0.05) is 18.7 Å². The third-order valence-corrected chi connectivity index (χ3v) is 3.96. The van der Waals surface area contributed by atoms with Crippen LogP contribution >= 0.6 is 0 Å². The number of hydrogen-bond donors (Lipinski definition) is 1. The van der Waals surface area contributed by atoms with Gasteiger partial charge < -0.3 is 9.84 Å². The summed E-state index contributed by atoms with van der Waals surface area (Å²) >= 11 is 0. The van der Waals surface area contributed by atoms with E-state index in [1.807, 2.05) is 13.0 Å². The van der Waals surface area contributed by atoms with E-state index in [1.165, 1.54) is 11.1 Å². The van der Waals surface area contributed by atoms with Gasteiger partial charge in [-0.25, -0.2) is 0 Å². The Bertz CT molecular complexity index is 586. The molecule has 1 atom stereocenters. The second-order valence-corrected chi connectivity index (χ2v) is 6.11. The Morgan fingerprint density at radius 3 is 2.89 bits per heavy atom. The SMILES string of the molecule is Cc1cc(CNC2c3ccccc3CC2(C)C)no1. The van der Waals surface area contributed by atoms with Crippen LogP contribution in [0.1, 0.15) is 42.5 Å². The summed E-state index contributed by atoms with van der Waals surface area (Å²) in [6.07, 6.45) is 1.12. The lowest BCUT2D eigenvalue weighted by molar-refractivity contribution is 0.265. The predicted molar refractivity (Wildman–Crippen MR) is 74.7 cm³/mol. The number of nitrogens with one attached hydrogen (secondary N) is 1. The molecular formula is C16H20N2O. The molecular weight excluding hydrogens is 236 g/mol. The quantitative estimate of drug-likeness (QED) is 0.914. The topological polar surface area (TPSA) is 38.1 Å².